The van der Waals surface area contributed by atoms with Gasteiger partial charge in [0, 0.05) is 31.4 Å². The quantitative estimate of drug-likeness (QED) is 0.110. The van der Waals surface area contributed by atoms with Gasteiger partial charge in [-0.2, -0.15) is 13.2 Å². The molecule has 11 heteroatoms. The molecule has 0 bridgehead atoms. The number of aromatic amines is 1. The van der Waals surface area contributed by atoms with Gasteiger partial charge in [-0.25, -0.2) is 4.52 Å². The van der Waals surface area contributed by atoms with Crippen LogP contribution in [0.2, 0.25) is 0 Å². The second-order valence-electron chi connectivity index (χ2n) is 11.1. The molecule has 2 aromatic heterocycles. The van der Waals surface area contributed by atoms with E-state index < -0.39 is 11.9 Å². The van der Waals surface area contributed by atoms with Crippen LogP contribution in [0.4, 0.5) is 24.5 Å². The van der Waals surface area contributed by atoms with Crippen LogP contribution in [-0.4, -0.2) is 46.6 Å². The maximum atomic E-state index is 14.1. The lowest BCUT2D eigenvalue weighted by molar-refractivity contribution is -0.141. The van der Waals surface area contributed by atoms with Gasteiger partial charge in [-0.3, -0.25) is 5.10 Å². The Morgan fingerprint density at radius 1 is 1.00 bits per heavy atom. The lowest BCUT2D eigenvalue weighted by Crippen LogP contribution is -2.23. The minimum Gasteiger partial charge on any atom is -0.496 e. The number of hydrogen-bond acceptors (Lipinski definition) is 6. The normalized spacial score (nSPS) is 13.5. The van der Waals surface area contributed by atoms with E-state index in [0.29, 0.717) is 17.2 Å². The van der Waals surface area contributed by atoms with Gasteiger partial charge >= 0.3 is 6.18 Å². The Bertz CT molecular complexity index is 1730. The molecule has 4 aromatic rings. The number of H-pyrrole nitrogens is 1. The smallest absolute Gasteiger partial charge is 0.433 e. The Balaban J connectivity index is 1.46. The molecule has 0 amide bonds. The van der Waals surface area contributed by atoms with E-state index in [1.165, 1.54) is 43.4 Å². The summed E-state index contributed by atoms with van der Waals surface area (Å²) in [7, 11) is 1.49. The molecule has 3 heterocycles. The van der Waals surface area contributed by atoms with Crippen LogP contribution in [0.1, 0.15) is 70.6 Å². The molecule has 0 spiro atoms. The zero-order valence-corrected chi connectivity index (χ0v) is 26.8. The lowest BCUT2D eigenvalue weighted by atomic mass is 10.1. The number of nitrogens with zero attached hydrogens (tertiary/aromatic N) is 5. The molecule has 0 saturated carbocycles. The van der Waals surface area contributed by atoms with E-state index in [1.807, 2.05) is 6.07 Å². The summed E-state index contributed by atoms with van der Waals surface area (Å²) in [5.41, 5.74) is 4.44. The van der Waals surface area contributed by atoms with Gasteiger partial charge in [0.15, 0.2) is 17.2 Å². The van der Waals surface area contributed by atoms with E-state index in [9.17, 15) is 13.2 Å². The summed E-state index contributed by atoms with van der Waals surface area (Å²) in [6.07, 6.45) is 6.89. The SMILES string of the molecule is CCCCCCCCN1C(=CC=C=Cc2c(C(F)(F)F)[nH]n3c(-c4ccccc4OC)nnc23)Oc2ccc(N(CC)CC)cc21. The highest BCUT2D eigenvalue weighted by atomic mass is 19.4. The monoisotopic (exact) mass is 634 g/mol. The van der Waals surface area contributed by atoms with E-state index >= 15 is 0 Å². The fourth-order valence-electron chi connectivity index (χ4n) is 5.74. The topological polar surface area (TPSA) is 70.9 Å². The Morgan fingerprint density at radius 2 is 1.76 bits per heavy atom. The molecule has 1 N–H and O–H groups in total. The van der Waals surface area contributed by atoms with Crippen molar-refractivity contribution >= 4 is 23.1 Å². The standard InChI is InChI=1S/C35H41F3N6O2/c1-5-8-9-10-11-16-23-43-28-24-25(42(6-2)7-3)21-22-30(28)46-31(43)20-15-13-18-27-32(35(36,37)38)41-44-33(39-40-34(27)44)26-17-12-14-19-29(26)45-4/h12,14-15,17-22,24,41H,5-11,16,23H2,1-4H3. The van der Waals surface area contributed by atoms with Crippen molar-refractivity contribution in [1.82, 2.24) is 19.8 Å². The number of methoxy groups -OCH3 is 1. The molecular weight excluding hydrogens is 593 g/mol. The predicted octanol–water partition coefficient (Wildman–Crippen LogP) is 8.87. The molecule has 0 aliphatic carbocycles. The highest BCUT2D eigenvalue weighted by Gasteiger charge is 2.37. The summed E-state index contributed by atoms with van der Waals surface area (Å²) in [6.45, 7) is 9.02. The number of hydrogen-bond donors (Lipinski definition) is 1. The van der Waals surface area contributed by atoms with Crippen LogP contribution in [-0.2, 0) is 6.18 Å². The van der Waals surface area contributed by atoms with Crippen molar-refractivity contribution in [1.29, 1.82) is 0 Å². The summed E-state index contributed by atoms with van der Waals surface area (Å²) in [4.78, 5) is 4.43. The molecule has 0 fully saturated rings. The highest BCUT2D eigenvalue weighted by Crippen LogP contribution is 2.42. The summed E-state index contributed by atoms with van der Waals surface area (Å²) in [5, 5.41) is 10.7. The van der Waals surface area contributed by atoms with Crippen molar-refractivity contribution in [3.8, 4) is 22.9 Å². The first-order chi connectivity index (χ1) is 22.3. The van der Waals surface area contributed by atoms with Crippen LogP contribution in [0, 0.1) is 0 Å². The van der Waals surface area contributed by atoms with Crippen LogP contribution in [0.3, 0.4) is 0 Å². The molecular formula is C35H41F3N6O2. The number of nitrogens with one attached hydrogen (secondary N) is 1. The first kappa shape index (κ1) is 32.8. The van der Waals surface area contributed by atoms with E-state index in [0.717, 1.165) is 49.6 Å². The maximum Gasteiger partial charge on any atom is 0.433 e. The first-order valence-electron chi connectivity index (χ1n) is 15.9. The van der Waals surface area contributed by atoms with Gasteiger partial charge in [-0.15, -0.1) is 15.9 Å². The molecule has 0 radical (unpaired) electrons. The van der Waals surface area contributed by atoms with Gasteiger partial charge in [-0.1, -0.05) is 51.2 Å². The summed E-state index contributed by atoms with van der Waals surface area (Å²) in [6, 6.07) is 13.1. The molecule has 8 nitrogen and oxygen atoms in total. The highest BCUT2D eigenvalue weighted by molar-refractivity contribution is 5.74. The van der Waals surface area contributed by atoms with Crippen molar-refractivity contribution in [2.45, 2.75) is 65.5 Å². The summed E-state index contributed by atoms with van der Waals surface area (Å²) < 4.78 is 55.3. The van der Waals surface area contributed by atoms with Crippen molar-refractivity contribution in [3.05, 3.63) is 77.5 Å². The lowest BCUT2D eigenvalue weighted by Gasteiger charge is -2.23. The Labute approximate surface area is 267 Å². The van der Waals surface area contributed by atoms with Crippen molar-refractivity contribution in [2.75, 3.05) is 36.5 Å². The number of aromatic nitrogens is 4. The Morgan fingerprint density at radius 3 is 2.50 bits per heavy atom. The first-order valence-corrected chi connectivity index (χ1v) is 15.9. The molecule has 1 aliphatic heterocycles. The third kappa shape index (κ3) is 6.94. The van der Waals surface area contributed by atoms with Gasteiger partial charge in [-0.05, 0) is 62.8 Å². The minimum atomic E-state index is -4.66. The molecule has 46 heavy (non-hydrogen) atoms. The fraction of sp³-hybridized carbons (Fsp3) is 0.400. The summed E-state index contributed by atoms with van der Waals surface area (Å²) in [5.74, 6) is 2.04. The number of anilines is 2. The molecule has 0 unspecified atom stereocenters. The third-order valence-electron chi connectivity index (χ3n) is 8.16. The van der Waals surface area contributed by atoms with Crippen LogP contribution < -0.4 is 19.3 Å². The van der Waals surface area contributed by atoms with Crippen LogP contribution in [0.25, 0.3) is 23.1 Å². The summed E-state index contributed by atoms with van der Waals surface area (Å²) >= 11 is 0. The second kappa shape index (κ2) is 14.6. The molecule has 2 aromatic carbocycles. The Hall–Kier alpha value is -4.63. The number of fused-ring (bicyclic) bond motifs is 2. The largest absolute Gasteiger partial charge is 0.496 e. The van der Waals surface area contributed by atoms with Crippen LogP contribution in [0.15, 0.2) is 66.2 Å². The molecule has 1 aliphatic rings. The molecule has 0 saturated heterocycles. The van der Waals surface area contributed by atoms with E-state index in [1.54, 1.807) is 36.4 Å². The average molecular weight is 635 g/mol. The van der Waals surface area contributed by atoms with E-state index in [4.69, 9.17) is 9.47 Å². The number of rotatable bonds is 14. The molecule has 5 rings (SSSR count). The van der Waals surface area contributed by atoms with E-state index in [-0.39, 0.29) is 17.0 Å². The number of allylic oxidation sites excluding steroid dienone is 2. The maximum absolute atomic E-state index is 14.1. The Kier molecular flexibility index (Phi) is 10.4. The van der Waals surface area contributed by atoms with E-state index in [2.05, 4.69) is 63.7 Å². The average Bonchev–Trinajstić information content (AvgIpc) is 3.73. The van der Waals surface area contributed by atoms with Gasteiger partial charge in [0.1, 0.15) is 11.4 Å². The van der Waals surface area contributed by atoms with Crippen LogP contribution in [0.5, 0.6) is 11.5 Å². The zero-order chi connectivity index (χ0) is 32.7. The van der Waals surface area contributed by atoms with Crippen molar-refractivity contribution in [3.63, 3.8) is 0 Å². The van der Waals surface area contributed by atoms with Gasteiger partial charge in [0.05, 0.1) is 23.9 Å². The zero-order valence-electron chi connectivity index (χ0n) is 26.8. The van der Waals surface area contributed by atoms with Gasteiger partial charge in [0.2, 0.25) is 5.88 Å². The number of unbranched alkanes of at least 4 members (excludes halogenated alkanes) is 5. The fourth-order valence-corrected chi connectivity index (χ4v) is 5.74. The number of ether oxygens (including phenoxy) is 2. The van der Waals surface area contributed by atoms with Crippen molar-refractivity contribution < 1.29 is 22.6 Å². The molecule has 244 valence electrons. The number of benzene rings is 2. The number of halogens is 3. The van der Waals surface area contributed by atoms with Crippen molar-refractivity contribution in [2.24, 2.45) is 0 Å². The van der Waals surface area contributed by atoms with Crippen LogP contribution >= 0.6 is 0 Å². The number of alkyl halides is 3. The number of para-hydroxylation sites is 1. The third-order valence-corrected chi connectivity index (χ3v) is 8.16. The van der Waals surface area contributed by atoms with Gasteiger partial charge in [0.25, 0.3) is 0 Å². The molecule has 0 atom stereocenters. The second-order valence-corrected chi connectivity index (χ2v) is 11.1. The minimum absolute atomic E-state index is 0.0277. The predicted molar refractivity (Wildman–Crippen MR) is 176 cm³/mol. The van der Waals surface area contributed by atoms with Gasteiger partial charge < -0.3 is 19.3 Å².